The van der Waals surface area contributed by atoms with Crippen molar-refractivity contribution in [2.45, 2.75) is 45.7 Å². The molecule has 0 amide bonds. The summed E-state index contributed by atoms with van der Waals surface area (Å²) in [6.45, 7) is 14.4. The minimum atomic E-state index is -4.81. The first-order chi connectivity index (χ1) is 21.7. The standard InChI is InChI=1S/C38H34F3NO4/c1-23(2)35(43)45-20-19-25-11-13-26(14-12-25)42(28-16-18-34(46-36(44)24(3)4)33(22-28)38(39,40)41)27-15-17-30-29-9-7-8-10-31(29)37(5,6)32(30)21-27/h7-18,21-22H,1,3,19-20H2,2,4-6H3. The average molecular weight is 626 g/mol. The van der Waals surface area contributed by atoms with Crippen LogP contribution in [-0.2, 0) is 32.3 Å². The molecule has 0 bridgehead atoms. The van der Waals surface area contributed by atoms with Crippen LogP contribution in [0.3, 0.4) is 0 Å². The summed E-state index contributed by atoms with van der Waals surface area (Å²) in [4.78, 5) is 25.7. The lowest BCUT2D eigenvalue weighted by atomic mass is 9.82. The largest absolute Gasteiger partial charge is 0.462 e. The van der Waals surface area contributed by atoms with E-state index in [1.807, 2.05) is 54.6 Å². The van der Waals surface area contributed by atoms with E-state index >= 15 is 0 Å². The highest BCUT2D eigenvalue weighted by atomic mass is 19.4. The Morgan fingerprint density at radius 3 is 2.00 bits per heavy atom. The number of hydrogen-bond acceptors (Lipinski definition) is 5. The minimum absolute atomic E-state index is 0.0185. The van der Waals surface area contributed by atoms with Gasteiger partial charge in [-0.3, -0.25) is 0 Å². The zero-order valence-corrected chi connectivity index (χ0v) is 26.1. The summed E-state index contributed by atoms with van der Waals surface area (Å²) in [5, 5.41) is 0. The molecule has 0 radical (unpaired) electrons. The van der Waals surface area contributed by atoms with Crippen molar-refractivity contribution >= 4 is 29.0 Å². The summed E-state index contributed by atoms with van der Waals surface area (Å²) in [6.07, 6.45) is -4.36. The SMILES string of the molecule is C=C(C)C(=O)OCCc1ccc(N(c2ccc(OC(=O)C(=C)C)c(C(F)(F)F)c2)c2ccc3c(c2)C(C)(C)c2ccccc2-3)cc1. The van der Waals surface area contributed by atoms with Crippen LogP contribution in [-0.4, -0.2) is 18.5 Å². The minimum Gasteiger partial charge on any atom is -0.462 e. The maximum atomic E-state index is 14.4. The molecule has 8 heteroatoms. The van der Waals surface area contributed by atoms with E-state index in [-0.39, 0.29) is 23.3 Å². The van der Waals surface area contributed by atoms with Gasteiger partial charge in [-0.1, -0.05) is 69.5 Å². The molecule has 0 aromatic heterocycles. The molecule has 0 aliphatic heterocycles. The van der Waals surface area contributed by atoms with E-state index in [4.69, 9.17) is 9.47 Å². The lowest BCUT2D eigenvalue weighted by molar-refractivity contribution is -0.141. The Bertz CT molecular complexity index is 1850. The Balaban J connectivity index is 1.60. The summed E-state index contributed by atoms with van der Waals surface area (Å²) in [7, 11) is 0. The van der Waals surface area contributed by atoms with Gasteiger partial charge in [-0.15, -0.1) is 0 Å². The molecular weight excluding hydrogens is 591 g/mol. The van der Waals surface area contributed by atoms with E-state index in [0.717, 1.165) is 34.4 Å². The topological polar surface area (TPSA) is 55.8 Å². The van der Waals surface area contributed by atoms with Gasteiger partial charge in [0.15, 0.2) is 0 Å². The fraction of sp³-hybridized carbons (Fsp3) is 0.211. The van der Waals surface area contributed by atoms with Crippen LogP contribution in [0.4, 0.5) is 30.2 Å². The molecule has 0 saturated carbocycles. The molecule has 0 unspecified atom stereocenters. The van der Waals surface area contributed by atoms with Crippen molar-refractivity contribution in [2.75, 3.05) is 11.5 Å². The lowest BCUT2D eigenvalue weighted by Crippen LogP contribution is -2.18. The maximum Gasteiger partial charge on any atom is 0.420 e. The molecule has 5 rings (SSSR count). The van der Waals surface area contributed by atoms with Gasteiger partial charge in [0.05, 0.1) is 6.61 Å². The van der Waals surface area contributed by atoms with E-state index in [2.05, 4.69) is 39.1 Å². The number of alkyl halides is 3. The molecule has 0 N–H and O–H groups in total. The number of benzene rings is 4. The van der Waals surface area contributed by atoms with Crippen LogP contribution in [0, 0.1) is 0 Å². The molecule has 236 valence electrons. The van der Waals surface area contributed by atoms with Crippen molar-refractivity contribution in [3.05, 3.63) is 131 Å². The Kier molecular flexibility index (Phi) is 8.67. The number of esters is 2. The number of anilines is 3. The lowest BCUT2D eigenvalue weighted by Gasteiger charge is -2.29. The molecule has 5 nitrogen and oxygen atoms in total. The van der Waals surface area contributed by atoms with E-state index < -0.39 is 29.4 Å². The first kappa shape index (κ1) is 32.3. The van der Waals surface area contributed by atoms with E-state index in [1.54, 1.807) is 11.8 Å². The first-order valence-corrected chi connectivity index (χ1v) is 14.7. The van der Waals surface area contributed by atoms with Crippen molar-refractivity contribution < 1.29 is 32.2 Å². The number of halogens is 3. The van der Waals surface area contributed by atoms with E-state index in [0.29, 0.717) is 23.4 Å². The third kappa shape index (κ3) is 6.33. The van der Waals surface area contributed by atoms with Crippen LogP contribution >= 0.6 is 0 Å². The second-order valence-electron chi connectivity index (χ2n) is 11.9. The fourth-order valence-corrected chi connectivity index (χ4v) is 5.63. The van der Waals surface area contributed by atoms with Crippen LogP contribution in [0.25, 0.3) is 11.1 Å². The molecular formula is C38H34F3NO4. The van der Waals surface area contributed by atoms with Gasteiger partial charge in [-0.2, -0.15) is 13.2 Å². The fourth-order valence-electron chi connectivity index (χ4n) is 5.63. The van der Waals surface area contributed by atoms with Crippen LogP contribution in [0.5, 0.6) is 5.75 Å². The van der Waals surface area contributed by atoms with Crippen molar-refractivity contribution in [3.8, 4) is 16.9 Å². The van der Waals surface area contributed by atoms with E-state index in [1.165, 1.54) is 18.6 Å². The molecule has 0 heterocycles. The van der Waals surface area contributed by atoms with Gasteiger partial charge in [-0.05, 0) is 84.1 Å². The number of nitrogens with zero attached hydrogens (tertiary/aromatic N) is 1. The normalized spacial score (nSPS) is 12.9. The van der Waals surface area contributed by atoms with Gasteiger partial charge < -0.3 is 14.4 Å². The Hall–Kier alpha value is -5.11. The second kappa shape index (κ2) is 12.4. The number of fused-ring (bicyclic) bond motifs is 3. The summed E-state index contributed by atoms with van der Waals surface area (Å²) in [5.41, 5.74) is 5.65. The van der Waals surface area contributed by atoms with Gasteiger partial charge in [-0.25, -0.2) is 9.59 Å². The van der Waals surface area contributed by atoms with Crippen molar-refractivity contribution in [2.24, 2.45) is 0 Å². The number of ether oxygens (including phenoxy) is 2. The molecule has 1 aliphatic carbocycles. The monoisotopic (exact) mass is 625 g/mol. The Morgan fingerprint density at radius 1 is 0.761 bits per heavy atom. The molecule has 0 atom stereocenters. The van der Waals surface area contributed by atoms with Gasteiger partial charge >= 0.3 is 18.1 Å². The van der Waals surface area contributed by atoms with Crippen LogP contribution in [0.15, 0.2) is 109 Å². The molecule has 0 fully saturated rings. The summed E-state index contributed by atoms with van der Waals surface area (Å²) < 4.78 is 53.4. The van der Waals surface area contributed by atoms with Crippen LogP contribution in [0.2, 0.25) is 0 Å². The van der Waals surface area contributed by atoms with Crippen LogP contribution in [0.1, 0.15) is 49.9 Å². The number of rotatable bonds is 9. The third-order valence-electron chi connectivity index (χ3n) is 8.07. The average Bonchev–Trinajstić information content (AvgIpc) is 3.24. The number of hydrogen-bond donors (Lipinski definition) is 0. The maximum absolute atomic E-state index is 14.4. The quantitative estimate of drug-likeness (QED) is 0.105. The predicted octanol–water partition coefficient (Wildman–Crippen LogP) is 9.62. The first-order valence-electron chi connectivity index (χ1n) is 14.7. The number of carbonyl (C=O) groups is 2. The van der Waals surface area contributed by atoms with Gasteiger partial charge in [0.2, 0.25) is 0 Å². The summed E-state index contributed by atoms with van der Waals surface area (Å²) in [6, 6.07) is 25.0. The molecule has 1 aliphatic rings. The number of carbonyl (C=O) groups excluding carboxylic acids is 2. The molecule has 4 aromatic rings. The highest BCUT2D eigenvalue weighted by Crippen LogP contribution is 2.51. The molecule has 46 heavy (non-hydrogen) atoms. The zero-order chi connectivity index (χ0) is 33.4. The second-order valence-corrected chi connectivity index (χ2v) is 11.9. The van der Waals surface area contributed by atoms with E-state index in [9.17, 15) is 22.8 Å². The smallest absolute Gasteiger partial charge is 0.420 e. The summed E-state index contributed by atoms with van der Waals surface area (Å²) in [5.74, 6) is -2.02. The van der Waals surface area contributed by atoms with Crippen molar-refractivity contribution in [1.29, 1.82) is 0 Å². The molecule has 4 aromatic carbocycles. The predicted molar refractivity (Wildman–Crippen MR) is 174 cm³/mol. The highest BCUT2D eigenvalue weighted by molar-refractivity contribution is 5.90. The van der Waals surface area contributed by atoms with Crippen LogP contribution < -0.4 is 9.64 Å². The Labute approximate surface area is 266 Å². The summed E-state index contributed by atoms with van der Waals surface area (Å²) >= 11 is 0. The zero-order valence-electron chi connectivity index (χ0n) is 26.1. The molecule has 0 saturated heterocycles. The Morgan fingerprint density at radius 2 is 1.35 bits per heavy atom. The molecule has 0 spiro atoms. The van der Waals surface area contributed by atoms with Crippen molar-refractivity contribution in [1.82, 2.24) is 0 Å². The van der Waals surface area contributed by atoms with Gasteiger partial charge in [0.25, 0.3) is 0 Å². The highest BCUT2D eigenvalue weighted by Gasteiger charge is 2.38. The van der Waals surface area contributed by atoms with Gasteiger partial charge in [0, 0.05) is 40.0 Å². The third-order valence-corrected chi connectivity index (χ3v) is 8.07. The van der Waals surface area contributed by atoms with Crippen molar-refractivity contribution in [3.63, 3.8) is 0 Å². The van der Waals surface area contributed by atoms with Gasteiger partial charge in [0.1, 0.15) is 11.3 Å².